The lowest BCUT2D eigenvalue weighted by Gasteiger charge is -2.44. The minimum Gasteiger partial charge on any atom is -0.342 e. The largest absolute Gasteiger partial charge is 0.342 e. The van der Waals surface area contributed by atoms with Crippen molar-refractivity contribution < 1.29 is 18.0 Å². The van der Waals surface area contributed by atoms with Crippen molar-refractivity contribution in [1.29, 1.82) is 0 Å². The molecule has 2 N–H and O–H groups in total. The smallest absolute Gasteiger partial charge is 0.246 e. The zero-order chi connectivity index (χ0) is 26.9. The van der Waals surface area contributed by atoms with E-state index in [4.69, 9.17) is 0 Å². The van der Waals surface area contributed by atoms with Gasteiger partial charge >= 0.3 is 0 Å². The number of rotatable bonds is 8. The van der Waals surface area contributed by atoms with E-state index < -0.39 is 22.1 Å². The average molecular weight is 539 g/mol. The maximum Gasteiger partial charge on any atom is 0.246 e. The number of nitrogens with zero attached hydrogens (tertiary/aromatic N) is 2. The molecule has 2 amide bonds. The fourth-order valence-corrected chi connectivity index (χ4v) is 8.04. The van der Waals surface area contributed by atoms with E-state index in [2.05, 4.69) is 22.8 Å². The predicted octanol–water partition coefficient (Wildman–Crippen LogP) is 2.33. The fourth-order valence-electron chi connectivity index (χ4n) is 6.38. The Morgan fingerprint density at radius 1 is 0.921 bits per heavy atom. The maximum atomic E-state index is 14.2. The Hall–Kier alpha value is -2.75. The molecule has 2 aromatic rings. The van der Waals surface area contributed by atoms with Gasteiger partial charge in [0.1, 0.15) is 12.1 Å². The summed E-state index contributed by atoms with van der Waals surface area (Å²) >= 11 is 0. The molecule has 2 saturated heterocycles. The van der Waals surface area contributed by atoms with E-state index in [0.29, 0.717) is 31.7 Å². The van der Waals surface area contributed by atoms with Crippen LogP contribution < -0.4 is 10.6 Å². The monoisotopic (exact) mass is 538 g/mol. The number of carbonyl (C=O) groups is 2. The number of amides is 2. The summed E-state index contributed by atoms with van der Waals surface area (Å²) in [5, 5.41) is 6.29. The highest BCUT2D eigenvalue weighted by Crippen LogP contribution is 2.34. The topological polar surface area (TPSA) is 98.8 Å². The van der Waals surface area contributed by atoms with E-state index in [1.165, 1.54) is 15.4 Å². The maximum absolute atomic E-state index is 14.2. The van der Waals surface area contributed by atoms with Gasteiger partial charge in [-0.1, -0.05) is 69.2 Å². The van der Waals surface area contributed by atoms with E-state index >= 15 is 0 Å². The van der Waals surface area contributed by atoms with Gasteiger partial charge in [0.2, 0.25) is 21.8 Å². The Morgan fingerprint density at radius 2 is 1.53 bits per heavy atom. The van der Waals surface area contributed by atoms with Gasteiger partial charge in [-0.05, 0) is 47.4 Å². The highest BCUT2D eigenvalue weighted by molar-refractivity contribution is 7.89. The minimum absolute atomic E-state index is 0.0161. The van der Waals surface area contributed by atoms with Gasteiger partial charge in [-0.25, -0.2) is 8.42 Å². The Balaban J connectivity index is 1.48. The van der Waals surface area contributed by atoms with E-state index in [1.54, 1.807) is 29.2 Å². The number of nitrogens with one attached hydrogen (secondary N) is 2. The molecular weight excluding hydrogens is 500 g/mol. The quantitative estimate of drug-likeness (QED) is 0.538. The molecule has 5 rings (SSSR count). The third kappa shape index (κ3) is 4.99. The third-order valence-corrected chi connectivity index (χ3v) is 10.5. The Bertz CT molecular complexity index is 1260. The zero-order valence-corrected chi connectivity index (χ0v) is 23.0. The van der Waals surface area contributed by atoms with Gasteiger partial charge in [0.25, 0.3) is 0 Å². The van der Waals surface area contributed by atoms with Gasteiger partial charge in [-0.2, -0.15) is 4.31 Å². The summed E-state index contributed by atoms with van der Waals surface area (Å²) in [4.78, 5) is 29.7. The second-order valence-corrected chi connectivity index (χ2v) is 12.6. The Labute approximate surface area is 225 Å². The van der Waals surface area contributed by atoms with Gasteiger partial charge in [-0.3, -0.25) is 9.59 Å². The summed E-state index contributed by atoms with van der Waals surface area (Å²) in [6.07, 6.45) is 2.98. The summed E-state index contributed by atoms with van der Waals surface area (Å²) in [6.45, 7) is 6.18. The van der Waals surface area contributed by atoms with Crippen molar-refractivity contribution in [3.63, 3.8) is 0 Å². The van der Waals surface area contributed by atoms with Crippen molar-refractivity contribution in [2.45, 2.75) is 63.1 Å². The van der Waals surface area contributed by atoms with Crippen LogP contribution in [0.1, 0.15) is 43.4 Å². The first-order valence-electron chi connectivity index (χ1n) is 13.8. The molecule has 0 bridgehead atoms. The number of benzene rings is 2. The van der Waals surface area contributed by atoms with Crippen molar-refractivity contribution in [3.8, 4) is 0 Å². The van der Waals surface area contributed by atoms with Crippen LogP contribution in [0, 0.1) is 11.8 Å². The molecule has 0 radical (unpaired) electrons. The molecule has 3 aliphatic rings. The standard InChI is InChI=1S/C29H38N4O4S/c1-3-20(4-2)27-28(34)31-26(24-17-21-9-5-6-10-22(21)18-24)29(35)33(27)19-23-11-7-8-12-25(23)38(36,37)32-15-13-30-14-16-32/h5-12,20,24,26-27,30H,3-4,13-19H2,1-2H3,(H,31,34)/t26-,27-/m1/s1. The molecule has 0 aromatic heterocycles. The molecule has 0 spiro atoms. The molecule has 2 fully saturated rings. The van der Waals surface area contributed by atoms with Gasteiger partial charge in [-0.15, -0.1) is 0 Å². The van der Waals surface area contributed by atoms with Gasteiger partial charge in [0.15, 0.2) is 0 Å². The lowest BCUT2D eigenvalue weighted by molar-refractivity contribution is -0.154. The van der Waals surface area contributed by atoms with Gasteiger partial charge < -0.3 is 15.5 Å². The minimum atomic E-state index is -3.73. The molecule has 2 aliphatic heterocycles. The number of fused-ring (bicyclic) bond motifs is 1. The molecule has 0 unspecified atom stereocenters. The van der Waals surface area contributed by atoms with Crippen LogP contribution in [0.3, 0.4) is 0 Å². The van der Waals surface area contributed by atoms with Crippen molar-refractivity contribution in [1.82, 2.24) is 19.8 Å². The Morgan fingerprint density at radius 3 is 2.16 bits per heavy atom. The highest BCUT2D eigenvalue weighted by Gasteiger charge is 2.47. The van der Waals surface area contributed by atoms with Crippen LogP contribution in [0.25, 0.3) is 0 Å². The molecular formula is C29H38N4O4S. The van der Waals surface area contributed by atoms with Crippen LogP contribution in [0.2, 0.25) is 0 Å². The van der Waals surface area contributed by atoms with Crippen LogP contribution in [0.15, 0.2) is 53.4 Å². The van der Waals surface area contributed by atoms with Crippen LogP contribution in [-0.4, -0.2) is 67.7 Å². The molecule has 2 heterocycles. The summed E-state index contributed by atoms with van der Waals surface area (Å²) in [5.74, 6) is -0.290. The summed E-state index contributed by atoms with van der Waals surface area (Å²) < 4.78 is 28.8. The summed E-state index contributed by atoms with van der Waals surface area (Å²) in [7, 11) is -3.73. The number of sulfonamides is 1. The lowest BCUT2D eigenvalue weighted by Crippen LogP contribution is -2.66. The first kappa shape index (κ1) is 26.8. The van der Waals surface area contributed by atoms with E-state index in [0.717, 1.165) is 25.7 Å². The average Bonchev–Trinajstić information content (AvgIpc) is 3.37. The van der Waals surface area contributed by atoms with Crippen molar-refractivity contribution >= 4 is 21.8 Å². The van der Waals surface area contributed by atoms with E-state index in [9.17, 15) is 18.0 Å². The molecule has 2 atom stereocenters. The summed E-state index contributed by atoms with van der Waals surface area (Å²) in [5.41, 5.74) is 3.00. The van der Waals surface area contributed by atoms with Crippen molar-refractivity contribution in [2.24, 2.45) is 11.8 Å². The van der Waals surface area contributed by atoms with Gasteiger partial charge in [0, 0.05) is 32.7 Å². The summed E-state index contributed by atoms with van der Waals surface area (Å²) in [6, 6.07) is 13.9. The molecule has 0 saturated carbocycles. The van der Waals surface area contributed by atoms with Crippen LogP contribution in [0.5, 0.6) is 0 Å². The van der Waals surface area contributed by atoms with Crippen molar-refractivity contribution in [2.75, 3.05) is 26.2 Å². The molecule has 38 heavy (non-hydrogen) atoms. The number of piperazine rings is 2. The van der Waals surface area contributed by atoms with E-state index in [1.807, 2.05) is 26.0 Å². The van der Waals surface area contributed by atoms with E-state index in [-0.39, 0.29) is 35.1 Å². The molecule has 1 aliphatic carbocycles. The van der Waals surface area contributed by atoms with Crippen LogP contribution in [0.4, 0.5) is 0 Å². The highest BCUT2D eigenvalue weighted by atomic mass is 32.2. The Kier molecular flexibility index (Phi) is 7.88. The number of hydrogen-bond donors (Lipinski definition) is 2. The number of hydrogen-bond acceptors (Lipinski definition) is 5. The molecule has 204 valence electrons. The normalized spacial score (nSPS) is 23.1. The van der Waals surface area contributed by atoms with Crippen LogP contribution >= 0.6 is 0 Å². The predicted molar refractivity (Wildman–Crippen MR) is 146 cm³/mol. The lowest BCUT2D eigenvalue weighted by atomic mass is 9.86. The first-order valence-corrected chi connectivity index (χ1v) is 15.3. The SMILES string of the molecule is CCC(CC)[C@@H]1C(=O)N[C@H](C2Cc3ccccc3C2)C(=O)N1Cc1ccccc1S(=O)(=O)N1CCNCC1. The van der Waals surface area contributed by atoms with Gasteiger partial charge in [0.05, 0.1) is 4.90 Å². The third-order valence-electron chi connectivity index (χ3n) is 8.51. The number of carbonyl (C=O) groups excluding carboxylic acids is 2. The second-order valence-electron chi connectivity index (χ2n) is 10.7. The first-order chi connectivity index (χ1) is 18.3. The molecule has 9 heteroatoms. The van der Waals surface area contributed by atoms with Crippen LogP contribution in [-0.2, 0) is 39.0 Å². The fraction of sp³-hybridized carbons (Fsp3) is 0.517. The molecule has 8 nitrogen and oxygen atoms in total. The second kappa shape index (κ2) is 11.2. The zero-order valence-electron chi connectivity index (χ0n) is 22.2. The molecule has 2 aromatic carbocycles. The van der Waals surface area contributed by atoms with Crippen molar-refractivity contribution in [3.05, 3.63) is 65.2 Å².